The first-order chi connectivity index (χ1) is 14.2. The summed E-state index contributed by atoms with van der Waals surface area (Å²) in [7, 11) is 2.77. The number of rotatable bonds is 2. The predicted octanol–water partition coefficient (Wildman–Crippen LogP) is 1.99. The summed E-state index contributed by atoms with van der Waals surface area (Å²) in [5, 5.41) is 33.3. The number of hydrogen-bond acceptors (Lipinski definition) is 8. The van der Waals surface area contributed by atoms with Crippen LogP contribution in [0.4, 0.5) is 0 Å². The summed E-state index contributed by atoms with van der Waals surface area (Å²) >= 11 is 0. The Kier molecular flexibility index (Phi) is 3.69. The van der Waals surface area contributed by atoms with Crippen molar-refractivity contribution in [1.82, 2.24) is 0 Å². The van der Waals surface area contributed by atoms with Crippen molar-refractivity contribution < 1.29 is 39.1 Å². The van der Waals surface area contributed by atoms with E-state index in [1.807, 2.05) is 0 Å². The van der Waals surface area contributed by atoms with Crippen LogP contribution < -0.4 is 4.74 Å². The molecule has 156 valence electrons. The lowest BCUT2D eigenvalue weighted by atomic mass is 9.73. The van der Waals surface area contributed by atoms with E-state index in [2.05, 4.69) is 0 Å². The van der Waals surface area contributed by atoms with Gasteiger partial charge in [0.15, 0.2) is 11.6 Å². The van der Waals surface area contributed by atoms with E-state index in [9.17, 15) is 24.9 Å². The highest BCUT2D eigenvalue weighted by Crippen LogP contribution is 2.58. The minimum Gasteiger partial charge on any atom is -0.507 e. The molecule has 0 aromatic heterocycles. The lowest BCUT2D eigenvalue weighted by Crippen LogP contribution is -2.51. The van der Waals surface area contributed by atoms with E-state index >= 15 is 0 Å². The summed E-state index contributed by atoms with van der Waals surface area (Å²) in [6, 6.07) is 4.60. The van der Waals surface area contributed by atoms with Gasteiger partial charge in [-0.3, -0.25) is 9.59 Å². The van der Waals surface area contributed by atoms with Crippen molar-refractivity contribution in [2.75, 3.05) is 14.2 Å². The molecule has 1 heterocycles. The van der Waals surface area contributed by atoms with Crippen LogP contribution in [0.3, 0.4) is 0 Å². The Morgan fingerprint density at radius 2 is 1.77 bits per heavy atom. The average Bonchev–Trinajstić information content (AvgIpc) is 2.93. The summed E-state index contributed by atoms with van der Waals surface area (Å²) in [5.41, 5.74) is -1.55. The second kappa shape index (κ2) is 5.81. The smallest absolute Gasteiger partial charge is 0.202 e. The van der Waals surface area contributed by atoms with Crippen LogP contribution in [-0.4, -0.2) is 52.5 Å². The maximum absolute atomic E-state index is 13.3. The second-order valence-electron chi connectivity index (χ2n) is 8.05. The van der Waals surface area contributed by atoms with Crippen molar-refractivity contribution >= 4 is 11.6 Å². The lowest BCUT2D eigenvalue weighted by molar-refractivity contribution is -0.264. The van der Waals surface area contributed by atoms with Crippen molar-refractivity contribution in [2.45, 2.75) is 37.3 Å². The highest BCUT2D eigenvalue weighted by Gasteiger charge is 2.62. The van der Waals surface area contributed by atoms with Crippen molar-refractivity contribution in [3.8, 4) is 17.2 Å². The number of carbonyl (C=O) groups is 2. The number of carbonyl (C=O) groups excluding carboxylic acids is 2. The van der Waals surface area contributed by atoms with Gasteiger partial charge in [-0.2, -0.15) is 0 Å². The van der Waals surface area contributed by atoms with Gasteiger partial charge in [0.2, 0.25) is 5.78 Å². The van der Waals surface area contributed by atoms with Gasteiger partial charge in [0.05, 0.1) is 29.9 Å². The van der Waals surface area contributed by atoms with Crippen molar-refractivity contribution in [1.29, 1.82) is 0 Å². The molecule has 0 unspecified atom stereocenters. The van der Waals surface area contributed by atoms with Crippen molar-refractivity contribution in [3.05, 3.63) is 51.6 Å². The van der Waals surface area contributed by atoms with E-state index in [1.165, 1.54) is 20.3 Å². The molecular formula is C22H20O8. The fourth-order valence-corrected chi connectivity index (χ4v) is 4.98. The Labute approximate surface area is 171 Å². The highest BCUT2D eigenvalue weighted by molar-refractivity contribution is 6.31. The number of aliphatic hydroxyl groups is 1. The Bertz CT molecular complexity index is 1150. The van der Waals surface area contributed by atoms with Gasteiger partial charge in [-0.1, -0.05) is 12.1 Å². The number of methoxy groups -OCH3 is 2. The van der Waals surface area contributed by atoms with E-state index in [0.717, 1.165) is 0 Å². The van der Waals surface area contributed by atoms with Gasteiger partial charge in [-0.05, 0) is 13.0 Å². The first-order valence-electron chi connectivity index (χ1n) is 9.50. The second-order valence-corrected chi connectivity index (χ2v) is 8.05. The first kappa shape index (κ1) is 19.0. The van der Waals surface area contributed by atoms with Crippen LogP contribution in [0.25, 0.3) is 0 Å². The molecule has 2 aliphatic carbocycles. The van der Waals surface area contributed by atoms with Crippen LogP contribution in [0.1, 0.15) is 62.4 Å². The number of benzene rings is 2. The number of aromatic hydroxyl groups is 2. The molecule has 2 aromatic rings. The number of phenolic OH excluding ortho intramolecular Hbond substituents is 2. The molecule has 2 bridgehead atoms. The average molecular weight is 412 g/mol. The van der Waals surface area contributed by atoms with Gasteiger partial charge in [-0.25, -0.2) is 0 Å². The molecule has 5 rings (SSSR count). The Hall–Kier alpha value is -2.94. The molecule has 2 aromatic carbocycles. The number of phenols is 2. The fraction of sp³-hybridized carbons (Fsp3) is 0.364. The van der Waals surface area contributed by atoms with E-state index < -0.39 is 40.6 Å². The Morgan fingerprint density at radius 3 is 2.43 bits per heavy atom. The molecule has 0 amide bonds. The maximum atomic E-state index is 13.3. The van der Waals surface area contributed by atoms with Gasteiger partial charge in [0.1, 0.15) is 22.8 Å². The molecule has 1 aliphatic heterocycles. The molecule has 0 radical (unpaired) electrons. The summed E-state index contributed by atoms with van der Waals surface area (Å²) in [6.45, 7) is 1.57. The van der Waals surface area contributed by atoms with Gasteiger partial charge in [-0.15, -0.1) is 0 Å². The molecule has 3 aliphatic rings. The molecule has 1 saturated heterocycles. The fourth-order valence-electron chi connectivity index (χ4n) is 4.98. The Balaban J connectivity index is 1.79. The van der Waals surface area contributed by atoms with Gasteiger partial charge in [0.25, 0.3) is 0 Å². The Morgan fingerprint density at radius 1 is 1.07 bits per heavy atom. The maximum Gasteiger partial charge on any atom is 0.202 e. The third-order valence-corrected chi connectivity index (χ3v) is 6.68. The largest absolute Gasteiger partial charge is 0.507 e. The highest BCUT2D eigenvalue weighted by atomic mass is 16.7. The standard InChI is InChI=1S/C22H20O8/c1-21(29-3)22(27)7-10-14(12(8-22)30-21)20(26)16-15(18(10)24)17(23)9-5-4-6-11(28-2)13(9)19(16)25/h4-6,12,24,26-27H,7-8H2,1-3H3/t12-,21+,22-/m1/s1. The van der Waals surface area contributed by atoms with E-state index in [4.69, 9.17) is 14.2 Å². The summed E-state index contributed by atoms with van der Waals surface area (Å²) < 4.78 is 16.5. The van der Waals surface area contributed by atoms with Gasteiger partial charge >= 0.3 is 0 Å². The monoisotopic (exact) mass is 412 g/mol. The topological polar surface area (TPSA) is 123 Å². The van der Waals surface area contributed by atoms with E-state index in [-0.39, 0.29) is 52.0 Å². The van der Waals surface area contributed by atoms with Crippen LogP contribution >= 0.6 is 0 Å². The zero-order chi connectivity index (χ0) is 21.6. The third-order valence-electron chi connectivity index (χ3n) is 6.68. The third kappa shape index (κ3) is 2.05. The number of hydrogen-bond donors (Lipinski definition) is 3. The van der Waals surface area contributed by atoms with Gasteiger partial charge < -0.3 is 29.5 Å². The zero-order valence-electron chi connectivity index (χ0n) is 16.6. The minimum absolute atomic E-state index is 0.0357. The molecule has 3 N–H and O–H groups in total. The summed E-state index contributed by atoms with van der Waals surface area (Å²) in [5.74, 6) is -3.27. The number of fused-ring (bicyclic) bond motifs is 6. The molecule has 1 fully saturated rings. The number of ether oxygens (including phenoxy) is 3. The van der Waals surface area contributed by atoms with Crippen LogP contribution in [-0.2, 0) is 15.9 Å². The van der Waals surface area contributed by atoms with Crippen molar-refractivity contribution in [2.24, 2.45) is 0 Å². The SMILES string of the molecule is COc1cccc2c1C(=O)c1c(O)c3c(c(O)c1C2=O)C[C@@]1(O)C[C@H]3O[C@]1(C)OC. The zero-order valence-corrected chi connectivity index (χ0v) is 16.6. The molecule has 8 nitrogen and oxygen atoms in total. The van der Waals surface area contributed by atoms with Gasteiger partial charge in [0, 0.05) is 36.6 Å². The van der Waals surface area contributed by atoms with Crippen LogP contribution in [0, 0.1) is 0 Å². The molecule has 0 saturated carbocycles. The molecule has 8 heteroatoms. The van der Waals surface area contributed by atoms with Crippen LogP contribution in [0.2, 0.25) is 0 Å². The quantitative estimate of drug-likeness (QED) is 0.546. The van der Waals surface area contributed by atoms with E-state index in [0.29, 0.717) is 0 Å². The minimum atomic E-state index is -1.47. The number of ketones is 2. The van der Waals surface area contributed by atoms with Crippen LogP contribution in [0.15, 0.2) is 18.2 Å². The van der Waals surface area contributed by atoms with E-state index in [1.54, 1.807) is 19.1 Å². The first-order valence-corrected chi connectivity index (χ1v) is 9.50. The molecule has 0 spiro atoms. The normalized spacial score (nSPS) is 28.7. The molecule has 30 heavy (non-hydrogen) atoms. The summed E-state index contributed by atoms with van der Waals surface area (Å²) in [4.78, 5) is 26.6. The van der Waals surface area contributed by atoms with Crippen molar-refractivity contribution in [3.63, 3.8) is 0 Å². The lowest BCUT2D eigenvalue weighted by Gasteiger charge is -2.37. The summed E-state index contributed by atoms with van der Waals surface area (Å²) in [6.07, 6.45) is -0.817. The molecule has 3 atom stereocenters. The van der Waals surface area contributed by atoms with Crippen LogP contribution in [0.5, 0.6) is 17.2 Å². The molecular weight excluding hydrogens is 392 g/mol. The predicted molar refractivity (Wildman–Crippen MR) is 102 cm³/mol.